The number of hydrogen-bond donors (Lipinski definition) is 2. The van der Waals surface area contributed by atoms with Crippen LogP contribution in [-0.4, -0.2) is 25.5 Å². The molecule has 3 heteroatoms. The molecule has 0 aromatic heterocycles. The van der Waals surface area contributed by atoms with Gasteiger partial charge in [0.15, 0.2) is 0 Å². The molecule has 0 spiro atoms. The molecule has 0 bridgehead atoms. The van der Waals surface area contributed by atoms with E-state index in [1.807, 2.05) is 14.1 Å². The van der Waals surface area contributed by atoms with Crippen LogP contribution in [-0.2, 0) is 6.42 Å². The van der Waals surface area contributed by atoms with Crippen LogP contribution in [0.25, 0.3) is 0 Å². The molecule has 84 valence electrons. The number of rotatable bonds is 5. The van der Waals surface area contributed by atoms with Crippen molar-refractivity contribution < 1.29 is 0 Å². The molecule has 0 radical (unpaired) electrons. The van der Waals surface area contributed by atoms with E-state index in [0.29, 0.717) is 0 Å². The standard InChI is InChI=1S/C12H21N3/c1-4-10-6-5-7-11(8-10)12(14-13)9-15(2)3/h5-8,12,14H,4,9,13H2,1-3H3. The number of nitrogens with two attached hydrogens (primary N) is 1. The largest absolute Gasteiger partial charge is 0.307 e. The van der Waals surface area contributed by atoms with Crippen LogP contribution in [0.15, 0.2) is 24.3 Å². The van der Waals surface area contributed by atoms with Crippen molar-refractivity contribution in [2.75, 3.05) is 20.6 Å². The van der Waals surface area contributed by atoms with E-state index in [-0.39, 0.29) is 6.04 Å². The first kappa shape index (κ1) is 12.2. The van der Waals surface area contributed by atoms with E-state index in [2.05, 4.69) is 41.5 Å². The lowest BCUT2D eigenvalue weighted by molar-refractivity contribution is 0.344. The summed E-state index contributed by atoms with van der Waals surface area (Å²) in [5.41, 5.74) is 5.47. The molecule has 0 saturated carbocycles. The number of hydrogen-bond acceptors (Lipinski definition) is 3. The molecule has 0 aliphatic rings. The average molecular weight is 207 g/mol. The van der Waals surface area contributed by atoms with Crippen molar-refractivity contribution in [2.45, 2.75) is 19.4 Å². The third-order valence-electron chi connectivity index (χ3n) is 2.51. The van der Waals surface area contributed by atoms with Crippen molar-refractivity contribution >= 4 is 0 Å². The van der Waals surface area contributed by atoms with E-state index in [9.17, 15) is 0 Å². The Morgan fingerprint density at radius 2 is 2.13 bits per heavy atom. The molecule has 1 unspecified atom stereocenters. The lowest BCUT2D eigenvalue weighted by Gasteiger charge is -2.21. The molecule has 0 amide bonds. The highest BCUT2D eigenvalue weighted by Crippen LogP contribution is 2.14. The highest BCUT2D eigenvalue weighted by molar-refractivity contribution is 5.26. The van der Waals surface area contributed by atoms with Gasteiger partial charge in [-0.1, -0.05) is 31.2 Å². The summed E-state index contributed by atoms with van der Waals surface area (Å²) < 4.78 is 0. The van der Waals surface area contributed by atoms with E-state index < -0.39 is 0 Å². The molecule has 1 rings (SSSR count). The van der Waals surface area contributed by atoms with E-state index >= 15 is 0 Å². The van der Waals surface area contributed by atoms with Gasteiger partial charge in [0, 0.05) is 6.54 Å². The van der Waals surface area contributed by atoms with Crippen molar-refractivity contribution in [2.24, 2.45) is 5.84 Å². The Kier molecular flexibility index (Phi) is 4.75. The van der Waals surface area contributed by atoms with Gasteiger partial charge in [0.1, 0.15) is 0 Å². The number of nitrogens with zero attached hydrogens (tertiary/aromatic N) is 1. The fraction of sp³-hybridized carbons (Fsp3) is 0.500. The second-order valence-corrected chi connectivity index (χ2v) is 4.08. The van der Waals surface area contributed by atoms with Crippen LogP contribution in [0, 0.1) is 0 Å². The Morgan fingerprint density at radius 3 is 2.67 bits per heavy atom. The van der Waals surface area contributed by atoms with Gasteiger partial charge < -0.3 is 4.90 Å². The van der Waals surface area contributed by atoms with Crippen molar-refractivity contribution in [1.82, 2.24) is 10.3 Å². The lowest BCUT2D eigenvalue weighted by atomic mass is 10.0. The molecule has 0 aliphatic carbocycles. The van der Waals surface area contributed by atoms with E-state index in [1.54, 1.807) is 0 Å². The maximum Gasteiger partial charge on any atom is 0.0586 e. The van der Waals surface area contributed by atoms with E-state index in [0.717, 1.165) is 13.0 Å². The van der Waals surface area contributed by atoms with Gasteiger partial charge in [-0.3, -0.25) is 11.3 Å². The molecule has 15 heavy (non-hydrogen) atoms. The first-order chi connectivity index (χ1) is 7.17. The summed E-state index contributed by atoms with van der Waals surface area (Å²) in [6.07, 6.45) is 1.06. The maximum atomic E-state index is 5.57. The molecule has 3 N–H and O–H groups in total. The van der Waals surface area contributed by atoms with Crippen LogP contribution in [0.1, 0.15) is 24.1 Å². The average Bonchev–Trinajstić information content (AvgIpc) is 2.25. The quantitative estimate of drug-likeness (QED) is 0.565. The van der Waals surface area contributed by atoms with Gasteiger partial charge in [-0.05, 0) is 31.6 Å². The summed E-state index contributed by atoms with van der Waals surface area (Å²) in [5, 5.41) is 0. The third-order valence-corrected chi connectivity index (χ3v) is 2.51. The van der Waals surface area contributed by atoms with Gasteiger partial charge in [-0.25, -0.2) is 0 Å². The van der Waals surface area contributed by atoms with Gasteiger partial charge in [-0.2, -0.15) is 0 Å². The summed E-state index contributed by atoms with van der Waals surface area (Å²) in [7, 11) is 4.10. The zero-order valence-electron chi connectivity index (χ0n) is 9.83. The first-order valence-corrected chi connectivity index (χ1v) is 5.37. The highest BCUT2D eigenvalue weighted by atomic mass is 15.3. The zero-order chi connectivity index (χ0) is 11.3. The van der Waals surface area contributed by atoms with Gasteiger partial charge in [0.05, 0.1) is 6.04 Å². The first-order valence-electron chi connectivity index (χ1n) is 5.37. The van der Waals surface area contributed by atoms with Gasteiger partial charge in [0.25, 0.3) is 0 Å². The molecule has 3 nitrogen and oxygen atoms in total. The Labute approximate surface area is 92.2 Å². The SMILES string of the molecule is CCc1cccc(C(CN(C)C)NN)c1. The highest BCUT2D eigenvalue weighted by Gasteiger charge is 2.10. The second-order valence-electron chi connectivity index (χ2n) is 4.08. The lowest BCUT2D eigenvalue weighted by Crippen LogP contribution is -2.35. The molecule has 0 saturated heterocycles. The fourth-order valence-electron chi connectivity index (χ4n) is 1.65. The van der Waals surface area contributed by atoms with Crippen molar-refractivity contribution in [3.05, 3.63) is 35.4 Å². The molecule has 1 aromatic rings. The molecule has 1 aromatic carbocycles. The maximum absolute atomic E-state index is 5.57. The Balaban J connectivity index is 2.81. The van der Waals surface area contributed by atoms with E-state index in [4.69, 9.17) is 5.84 Å². The van der Waals surface area contributed by atoms with Gasteiger partial charge in [-0.15, -0.1) is 0 Å². The van der Waals surface area contributed by atoms with Crippen LogP contribution in [0.3, 0.4) is 0 Å². The van der Waals surface area contributed by atoms with Crippen LogP contribution in [0.2, 0.25) is 0 Å². The molecule has 0 heterocycles. The Bertz CT molecular complexity index is 297. The van der Waals surface area contributed by atoms with Crippen LogP contribution in [0.5, 0.6) is 0 Å². The minimum Gasteiger partial charge on any atom is -0.307 e. The fourth-order valence-corrected chi connectivity index (χ4v) is 1.65. The molecule has 1 atom stereocenters. The van der Waals surface area contributed by atoms with Crippen molar-refractivity contribution in [1.29, 1.82) is 0 Å². The van der Waals surface area contributed by atoms with Crippen molar-refractivity contribution in [3.63, 3.8) is 0 Å². The molecule has 0 fully saturated rings. The number of likely N-dealkylation sites (N-methyl/N-ethyl adjacent to an activating group) is 1. The molecular weight excluding hydrogens is 186 g/mol. The Morgan fingerprint density at radius 1 is 1.40 bits per heavy atom. The molecular formula is C12H21N3. The molecule has 0 aliphatic heterocycles. The minimum absolute atomic E-state index is 0.200. The van der Waals surface area contributed by atoms with Crippen LogP contribution in [0.4, 0.5) is 0 Å². The number of benzene rings is 1. The summed E-state index contributed by atoms with van der Waals surface area (Å²) in [4.78, 5) is 2.13. The van der Waals surface area contributed by atoms with Crippen LogP contribution >= 0.6 is 0 Å². The minimum atomic E-state index is 0.200. The predicted octanol–water partition coefficient (Wildman–Crippen LogP) is 1.31. The number of aryl methyl sites for hydroxylation is 1. The van der Waals surface area contributed by atoms with Crippen LogP contribution < -0.4 is 11.3 Å². The monoisotopic (exact) mass is 207 g/mol. The Hall–Kier alpha value is -0.900. The zero-order valence-corrected chi connectivity index (χ0v) is 9.83. The smallest absolute Gasteiger partial charge is 0.0586 e. The topological polar surface area (TPSA) is 41.3 Å². The summed E-state index contributed by atoms with van der Waals surface area (Å²) >= 11 is 0. The third kappa shape index (κ3) is 3.63. The van der Waals surface area contributed by atoms with Gasteiger partial charge >= 0.3 is 0 Å². The number of nitrogens with one attached hydrogen (secondary N) is 1. The summed E-state index contributed by atoms with van der Waals surface area (Å²) in [6.45, 7) is 3.07. The normalized spacial score (nSPS) is 13.1. The summed E-state index contributed by atoms with van der Waals surface area (Å²) in [5.74, 6) is 5.57. The number of hydrazine groups is 1. The predicted molar refractivity (Wildman–Crippen MR) is 64.4 cm³/mol. The van der Waals surface area contributed by atoms with E-state index in [1.165, 1.54) is 11.1 Å². The summed E-state index contributed by atoms with van der Waals surface area (Å²) in [6, 6.07) is 8.77. The van der Waals surface area contributed by atoms with Gasteiger partial charge in [0.2, 0.25) is 0 Å². The second kappa shape index (κ2) is 5.85. The van der Waals surface area contributed by atoms with Crippen molar-refractivity contribution in [3.8, 4) is 0 Å².